The topological polar surface area (TPSA) is 30.2 Å². The lowest BCUT2D eigenvalue weighted by molar-refractivity contribution is 0.0938. The molecule has 0 aliphatic heterocycles. The number of hydrogen-bond acceptors (Lipinski definition) is 2. The standard InChI is InChI=1S/C14H15ClO2/c1-3-9(2)6-12(16)14-8-10-7-11(15)4-5-13(10)17-14/h4-5,7-9H,3,6H2,1-2H3. The van der Waals surface area contributed by atoms with Crippen LogP contribution in [0, 0.1) is 5.92 Å². The first-order valence-corrected chi connectivity index (χ1v) is 6.20. The summed E-state index contributed by atoms with van der Waals surface area (Å²) >= 11 is 5.89. The van der Waals surface area contributed by atoms with Gasteiger partial charge in [0.25, 0.3) is 0 Å². The summed E-state index contributed by atoms with van der Waals surface area (Å²) in [6.45, 7) is 4.15. The number of carbonyl (C=O) groups is 1. The van der Waals surface area contributed by atoms with Gasteiger partial charge in [0.05, 0.1) is 0 Å². The minimum Gasteiger partial charge on any atom is -0.453 e. The van der Waals surface area contributed by atoms with E-state index >= 15 is 0 Å². The van der Waals surface area contributed by atoms with Gasteiger partial charge in [0.1, 0.15) is 5.58 Å². The van der Waals surface area contributed by atoms with Crippen molar-refractivity contribution in [2.45, 2.75) is 26.7 Å². The Morgan fingerprint density at radius 1 is 1.41 bits per heavy atom. The first-order chi connectivity index (χ1) is 8.10. The van der Waals surface area contributed by atoms with Gasteiger partial charge in [-0.1, -0.05) is 31.9 Å². The van der Waals surface area contributed by atoms with Gasteiger partial charge in [-0.25, -0.2) is 0 Å². The Morgan fingerprint density at radius 3 is 2.88 bits per heavy atom. The predicted octanol–water partition coefficient (Wildman–Crippen LogP) is 4.71. The van der Waals surface area contributed by atoms with Crippen molar-refractivity contribution in [2.24, 2.45) is 5.92 Å². The van der Waals surface area contributed by atoms with Crippen molar-refractivity contribution in [3.8, 4) is 0 Å². The molecular formula is C14H15ClO2. The van der Waals surface area contributed by atoms with Gasteiger partial charge in [-0.05, 0) is 30.2 Å². The normalized spacial score (nSPS) is 12.9. The smallest absolute Gasteiger partial charge is 0.198 e. The van der Waals surface area contributed by atoms with Crippen LogP contribution in [0.5, 0.6) is 0 Å². The second-order valence-corrected chi connectivity index (χ2v) is 4.87. The number of ketones is 1. The minimum absolute atomic E-state index is 0.0617. The van der Waals surface area contributed by atoms with Crippen LogP contribution in [0.2, 0.25) is 5.02 Å². The number of Topliss-reactive ketones (excluding diaryl/α,β-unsaturated/α-hetero) is 1. The van der Waals surface area contributed by atoms with Gasteiger partial charge in [-0.3, -0.25) is 4.79 Å². The summed E-state index contributed by atoms with van der Waals surface area (Å²) in [6, 6.07) is 7.13. The number of carbonyl (C=O) groups excluding carboxylic acids is 1. The number of furan rings is 1. The van der Waals surface area contributed by atoms with E-state index < -0.39 is 0 Å². The number of benzene rings is 1. The molecule has 2 aromatic rings. The quantitative estimate of drug-likeness (QED) is 0.736. The Hall–Kier alpha value is -1.28. The molecule has 0 fully saturated rings. The van der Waals surface area contributed by atoms with Crippen molar-refractivity contribution in [1.29, 1.82) is 0 Å². The molecule has 0 aliphatic rings. The van der Waals surface area contributed by atoms with E-state index in [1.807, 2.05) is 0 Å². The third-order valence-corrected chi connectivity index (χ3v) is 3.22. The number of fused-ring (bicyclic) bond motifs is 1. The Bertz CT molecular complexity index is 542. The van der Waals surface area contributed by atoms with Crippen molar-refractivity contribution in [2.75, 3.05) is 0 Å². The van der Waals surface area contributed by atoms with E-state index in [0.717, 1.165) is 11.8 Å². The van der Waals surface area contributed by atoms with Gasteiger partial charge in [0.15, 0.2) is 11.5 Å². The molecule has 0 bridgehead atoms. The number of hydrogen-bond donors (Lipinski definition) is 0. The molecule has 1 heterocycles. The SMILES string of the molecule is CCC(C)CC(=O)c1cc2cc(Cl)ccc2o1. The van der Waals surface area contributed by atoms with Gasteiger partial charge < -0.3 is 4.42 Å². The zero-order valence-corrected chi connectivity index (χ0v) is 10.8. The van der Waals surface area contributed by atoms with E-state index in [0.29, 0.717) is 28.7 Å². The maximum atomic E-state index is 11.9. The van der Waals surface area contributed by atoms with Gasteiger partial charge in [-0.2, -0.15) is 0 Å². The molecule has 2 nitrogen and oxygen atoms in total. The average Bonchev–Trinajstić information content (AvgIpc) is 2.71. The van der Waals surface area contributed by atoms with E-state index in [-0.39, 0.29) is 5.78 Å². The summed E-state index contributed by atoms with van der Waals surface area (Å²) in [5.41, 5.74) is 0.710. The third-order valence-electron chi connectivity index (χ3n) is 2.98. The first-order valence-electron chi connectivity index (χ1n) is 5.82. The highest BCUT2D eigenvalue weighted by Crippen LogP contribution is 2.24. The van der Waals surface area contributed by atoms with Crippen LogP contribution in [0.15, 0.2) is 28.7 Å². The fourth-order valence-corrected chi connectivity index (χ4v) is 1.89. The lowest BCUT2D eigenvalue weighted by Gasteiger charge is -2.04. The van der Waals surface area contributed by atoms with Gasteiger partial charge in [-0.15, -0.1) is 0 Å². The Kier molecular flexibility index (Phi) is 3.53. The van der Waals surface area contributed by atoms with Crippen molar-refractivity contribution in [3.05, 3.63) is 35.0 Å². The van der Waals surface area contributed by atoms with Gasteiger partial charge in [0, 0.05) is 16.8 Å². The molecule has 0 saturated carbocycles. The van der Waals surface area contributed by atoms with Gasteiger partial charge >= 0.3 is 0 Å². The van der Waals surface area contributed by atoms with Crippen LogP contribution in [0.25, 0.3) is 11.0 Å². The fraction of sp³-hybridized carbons (Fsp3) is 0.357. The zero-order valence-electron chi connectivity index (χ0n) is 10.00. The molecule has 1 atom stereocenters. The van der Waals surface area contributed by atoms with Crippen LogP contribution in [0.1, 0.15) is 37.2 Å². The van der Waals surface area contributed by atoms with Crippen LogP contribution in [0.3, 0.4) is 0 Å². The highest BCUT2D eigenvalue weighted by atomic mass is 35.5. The summed E-state index contributed by atoms with van der Waals surface area (Å²) < 4.78 is 5.52. The number of halogens is 1. The van der Waals surface area contributed by atoms with Crippen LogP contribution >= 0.6 is 11.6 Å². The lowest BCUT2D eigenvalue weighted by atomic mass is 10.0. The molecule has 1 aromatic carbocycles. The van der Waals surface area contributed by atoms with E-state index in [9.17, 15) is 4.79 Å². The second-order valence-electron chi connectivity index (χ2n) is 4.43. The van der Waals surface area contributed by atoms with Crippen molar-refractivity contribution in [1.82, 2.24) is 0 Å². The Labute approximate surface area is 106 Å². The molecule has 1 unspecified atom stereocenters. The van der Waals surface area contributed by atoms with Crippen molar-refractivity contribution < 1.29 is 9.21 Å². The first kappa shape index (κ1) is 12.2. The molecule has 17 heavy (non-hydrogen) atoms. The molecule has 0 saturated heterocycles. The molecule has 0 aliphatic carbocycles. The van der Waals surface area contributed by atoms with Crippen LogP contribution in [-0.2, 0) is 0 Å². The lowest BCUT2D eigenvalue weighted by Crippen LogP contribution is -2.03. The molecule has 0 radical (unpaired) electrons. The largest absolute Gasteiger partial charge is 0.453 e. The van der Waals surface area contributed by atoms with Crippen molar-refractivity contribution in [3.63, 3.8) is 0 Å². The predicted molar refractivity (Wildman–Crippen MR) is 69.6 cm³/mol. The summed E-state index contributed by atoms with van der Waals surface area (Å²) in [5, 5.41) is 1.53. The molecule has 2 rings (SSSR count). The molecule has 90 valence electrons. The molecular weight excluding hydrogens is 236 g/mol. The summed E-state index contributed by atoms with van der Waals surface area (Å²) in [6.07, 6.45) is 1.53. The van der Waals surface area contributed by atoms with Crippen LogP contribution < -0.4 is 0 Å². The molecule has 0 N–H and O–H groups in total. The highest BCUT2D eigenvalue weighted by Gasteiger charge is 2.14. The van der Waals surface area contributed by atoms with Gasteiger partial charge in [0.2, 0.25) is 0 Å². The zero-order chi connectivity index (χ0) is 12.4. The maximum Gasteiger partial charge on any atom is 0.198 e. The third kappa shape index (κ3) is 2.70. The fourth-order valence-electron chi connectivity index (χ4n) is 1.71. The Balaban J connectivity index is 2.27. The van der Waals surface area contributed by atoms with Crippen LogP contribution in [-0.4, -0.2) is 5.78 Å². The summed E-state index contributed by atoms with van der Waals surface area (Å²) in [7, 11) is 0. The number of rotatable bonds is 4. The van der Waals surface area contributed by atoms with Crippen molar-refractivity contribution >= 4 is 28.4 Å². The second kappa shape index (κ2) is 4.92. The van der Waals surface area contributed by atoms with E-state index in [4.69, 9.17) is 16.0 Å². The molecule has 0 spiro atoms. The molecule has 0 amide bonds. The van der Waals surface area contributed by atoms with E-state index in [1.165, 1.54) is 0 Å². The minimum atomic E-state index is 0.0617. The van der Waals surface area contributed by atoms with E-state index in [1.54, 1.807) is 24.3 Å². The average molecular weight is 251 g/mol. The Morgan fingerprint density at radius 2 is 2.18 bits per heavy atom. The summed E-state index contributed by atoms with van der Waals surface area (Å²) in [5.74, 6) is 0.883. The monoisotopic (exact) mass is 250 g/mol. The highest BCUT2D eigenvalue weighted by molar-refractivity contribution is 6.31. The van der Waals surface area contributed by atoms with E-state index in [2.05, 4.69) is 13.8 Å². The molecule has 3 heteroatoms. The van der Waals surface area contributed by atoms with Crippen LogP contribution in [0.4, 0.5) is 0 Å². The molecule has 1 aromatic heterocycles. The maximum absolute atomic E-state index is 11.9. The summed E-state index contributed by atoms with van der Waals surface area (Å²) in [4.78, 5) is 11.9.